The second kappa shape index (κ2) is 9.41. The SMILES string of the molecule is O=C1CCCN1Cc1ccc(-c2ccccc2CNS(=O)(=O)c2ccc3ccccc3c2)cc1. The molecule has 1 saturated heterocycles. The lowest BCUT2D eigenvalue weighted by molar-refractivity contribution is -0.128. The van der Waals surface area contributed by atoms with Crippen LogP contribution in [0.25, 0.3) is 21.9 Å². The number of hydrogen-bond donors (Lipinski definition) is 1. The predicted molar refractivity (Wildman–Crippen MR) is 135 cm³/mol. The highest BCUT2D eigenvalue weighted by molar-refractivity contribution is 7.89. The zero-order valence-electron chi connectivity index (χ0n) is 18.8. The van der Waals surface area contributed by atoms with E-state index in [0.717, 1.165) is 46.0 Å². The first-order chi connectivity index (χ1) is 16.5. The lowest BCUT2D eigenvalue weighted by Gasteiger charge is -2.16. The largest absolute Gasteiger partial charge is 0.338 e. The van der Waals surface area contributed by atoms with Gasteiger partial charge in [0.1, 0.15) is 0 Å². The number of carbonyl (C=O) groups excluding carboxylic acids is 1. The van der Waals surface area contributed by atoms with Crippen LogP contribution in [0, 0.1) is 0 Å². The molecule has 34 heavy (non-hydrogen) atoms. The molecule has 0 aliphatic carbocycles. The molecule has 1 heterocycles. The van der Waals surface area contributed by atoms with Crippen LogP contribution in [0.2, 0.25) is 0 Å². The molecule has 4 aromatic rings. The summed E-state index contributed by atoms with van der Waals surface area (Å²) in [5, 5.41) is 1.89. The van der Waals surface area contributed by atoms with Crippen molar-refractivity contribution < 1.29 is 13.2 Å². The number of hydrogen-bond acceptors (Lipinski definition) is 3. The molecule has 172 valence electrons. The summed E-state index contributed by atoms with van der Waals surface area (Å²) < 4.78 is 28.7. The van der Waals surface area contributed by atoms with Crippen molar-refractivity contribution in [2.24, 2.45) is 0 Å². The number of rotatable bonds is 7. The number of carbonyl (C=O) groups is 1. The normalized spacial score (nSPS) is 14.1. The molecule has 1 N–H and O–H groups in total. The molecule has 0 bridgehead atoms. The number of nitrogens with one attached hydrogen (secondary N) is 1. The van der Waals surface area contributed by atoms with Crippen molar-refractivity contribution in [1.29, 1.82) is 0 Å². The van der Waals surface area contributed by atoms with E-state index in [-0.39, 0.29) is 17.3 Å². The Morgan fingerprint density at radius 2 is 1.56 bits per heavy atom. The van der Waals surface area contributed by atoms with Crippen molar-refractivity contribution in [2.45, 2.75) is 30.8 Å². The standard InChI is InChI=1S/C28H26N2O3S/c31-28-10-5-17-30(28)20-21-11-13-23(14-12-21)27-9-4-3-8-25(27)19-29-34(32,33)26-16-15-22-6-1-2-7-24(22)18-26/h1-4,6-9,11-16,18,29H,5,10,17,19-20H2. The number of nitrogens with zero attached hydrogens (tertiary/aromatic N) is 1. The zero-order valence-corrected chi connectivity index (χ0v) is 19.6. The number of likely N-dealkylation sites (tertiary alicyclic amines) is 1. The van der Waals surface area contributed by atoms with Gasteiger partial charge in [-0.1, -0.05) is 78.9 Å². The number of benzene rings is 4. The second-order valence-corrected chi connectivity index (χ2v) is 10.4. The van der Waals surface area contributed by atoms with E-state index in [1.54, 1.807) is 12.1 Å². The van der Waals surface area contributed by atoms with Gasteiger partial charge in [0, 0.05) is 26.1 Å². The van der Waals surface area contributed by atoms with Crippen LogP contribution in [0.3, 0.4) is 0 Å². The van der Waals surface area contributed by atoms with Gasteiger partial charge in [0.05, 0.1) is 4.90 Å². The fraction of sp³-hybridized carbons (Fsp3) is 0.179. The zero-order chi connectivity index (χ0) is 23.5. The third-order valence-corrected chi connectivity index (χ3v) is 7.71. The summed E-state index contributed by atoms with van der Waals surface area (Å²) >= 11 is 0. The van der Waals surface area contributed by atoms with Crippen molar-refractivity contribution >= 4 is 26.7 Å². The van der Waals surface area contributed by atoms with Crippen molar-refractivity contribution in [2.75, 3.05) is 6.54 Å². The van der Waals surface area contributed by atoms with Crippen LogP contribution < -0.4 is 4.72 Å². The first-order valence-corrected chi connectivity index (χ1v) is 12.9. The van der Waals surface area contributed by atoms with Crippen LogP contribution >= 0.6 is 0 Å². The Balaban J connectivity index is 1.33. The maximum atomic E-state index is 13.0. The highest BCUT2D eigenvalue weighted by atomic mass is 32.2. The summed E-state index contributed by atoms with van der Waals surface area (Å²) in [7, 11) is -3.66. The van der Waals surface area contributed by atoms with Crippen LogP contribution in [-0.2, 0) is 27.9 Å². The van der Waals surface area contributed by atoms with Crippen LogP contribution in [-0.4, -0.2) is 25.8 Å². The van der Waals surface area contributed by atoms with Gasteiger partial charge in [-0.05, 0) is 51.6 Å². The van der Waals surface area contributed by atoms with Crippen LogP contribution in [0.5, 0.6) is 0 Å². The lowest BCUT2D eigenvalue weighted by atomic mass is 9.98. The summed E-state index contributed by atoms with van der Waals surface area (Å²) in [6.07, 6.45) is 1.57. The molecule has 6 heteroatoms. The molecule has 1 amide bonds. The molecule has 0 saturated carbocycles. The van der Waals surface area contributed by atoms with E-state index >= 15 is 0 Å². The van der Waals surface area contributed by atoms with Gasteiger partial charge in [-0.25, -0.2) is 13.1 Å². The fourth-order valence-electron chi connectivity index (χ4n) is 4.43. The molecular weight excluding hydrogens is 444 g/mol. The van der Waals surface area contributed by atoms with E-state index in [2.05, 4.69) is 4.72 Å². The maximum Gasteiger partial charge on any atom is 0.240 e. The number of sulfonamides is 1. The molecule has 1 aliphatic heterocycles. The maximum absolute atomic E-state index is 13.0. The average molecular weight is 471 g/mol. The summed E-state index contributed by atoms with van der Waals surface area (Å²) in [5.74, 6) is 0.216. The van der Waals surface area contributed by atoms with Crippen LogP contribution in [0.4, 0.5) is 0 Å². The predicted octanol–water partition coefficient (Wildman–Crippen LogP) is 5.11. The smallest absolute Gasteiger partial charge is 0.240 e. The minimum atomic E-state index is -3.66. The summed E-state index contributed by atoms with van der Waals surface area (Å²) in [4.78, 5) is 14.0. The van der Waals surface area contributed by atoms with Crippen molar-refractivity contribution in [3.8, 4) is 11.1 Å². The molecule has 1 aliphatic rings. The summed E-state index contributed by atoms with van der Waals surface area (Å²) in [6.45, 7) is 1.64. The van der Waals surface area contributed by atoms with Gasteiger partial charge >= 0.3 is 0 Å². The Morgan fingerprint density at radius 1 is 0.824 bits per heavy atom. The molecule has 0 spiro atoms. The molecule has 0 radical (unpaired) electrons. The molecule has 1 fully saturated rings. The second-order valence-electron chi connectivity index (χ2n) is 8.61. The number of fused-ring (bicyclic) bond motifs is 1. The van der Waals surface area contributed by atoms with Crippen LogP contribution in [0.15, 0.2) is 95.9 Å². The van der Waals surface area contributed by atoms with Gasteiger partial charge in [0.2, 0.25) is 15.9 Å². The Hall–Kier alpha value is -3.48. The first-order valence-electron chi connectivity index (χ1n) is 11.4. The van der Waals surface area contributed by atoms with Crippen molar-refractivity contribution in [3.63, 3.8) is 0 Å². The highest BCUT2D eigenvalue weighted by Gasteiger charge is 2.20. The Morgan fingerprint density at radius 3 is 2.32 bits per heavy atom. The molecular formula is C28H26N2O3S. The van der Waals surface area contributed by atoms with Crippen molar-refractivity contribution in [1.82, 2.24) is 9.62 Å². The lowest BCUT2D eigenvalue weighted by Crippen LogP contribution is -2.23. The van der Waals surface area contributed by atoms with Gasteiger partial charge in [-0.15, -0.1) is 0 Å². The van der Waals surface area contributed by atoms with Gasteiger partial charge < -0.3 is 4.90 Å². The first kappa shape index (κ1) is 22.3. The van der Waals surface area contributed by atoms with E-state index in [0.29, 0.717) is 13.0 Å². The van der Waals surface area contributed by atoms with Crippen molar-refractivity contribution in [3.05, 3.63) is 102 Å². The monoisotopic (exact) mass is 470 g/mol. The van der Waals surface area contributed by atoms with Gasteiger partial charge in [-0.3, -0.25) is 4.79 Å². The van der Waals surface area contributed by atoms with E-state index < -0.39 is 10.0 Å². The molecule has 0 aromatic heterocycles. The molecule has 4 aromatic carbocycles. The molecule has 0 atom stereocenters. The topological polar surface area (TPSA) is 66.5 Å². The van der Waals surface area contributed by atoms with E-state index in [1.165, 1.54) is 0 Å². The molecule has 5 rings (SSSR count). The summed E-state index contributed by atoms with van der Waals surface area (Å²) in [5.41, 5.74) is 3.98. The quantitative estimate of drug-likeness (QED) is 0.408. The average Bonchev–Trinajstić information content (AvgIpc) is 3.27. The fourth-order valence-corrected chi connectivity index (χ4v) is 5.47. The Labute approximate surface area is 200 Å². The van der Waals surface area contributed by atoms with Gasteiger partial charge in [-0.2, -0.15) is 0 Å². The third-order valence-electron chi connectivity index (χ3n) is 6.31. The number of amides is 1. The summed E-state index contributed by atoms with van der Waals surface area (Å²) in [6, 6.07) is 28.8. The van der Waals surface area contributed by atoms with E-state index in [4.69, 9.17) is 0 Å². The minimum Gasteiger partial charge on any atom is -0.338 e. The molecule has 5 nitrogen and oxygen atoms in total. The third kappa shape index (κ3) is 4.74. The Kier molecular flexibility index (Phi) is 6.18. The Bertz CT molecular complexity index is 1450. The molecule has 0 unspecified atom stereocenters. The van der Waals surface area contributed by atoms with E-state index in [9.17, 15) is 13.2 Å². The van der Waals surface area contributed by atoms with E-state index in [1.807, 2.05) is 83.8 Å². The van der Waals surface area contributed by atoms with Crippen LogP contribution in [0.1, 0.15) is 24.0 Å². The van der Waals surface area contributed by atoms with Gasteiger partial charge in [0.25, 0.3) is 0 Å². The van der Waals surface area contributed by atoms with Gasteiger partial charge in [0.15, 0.2) is 0 Å². The highest BCUT2D eigenvalue weighted by Crippen LogP contribution is 2.26. The minimum absolute atomic E-state index is 0.190.